The summed E-state index contributed by atoms with van der Waals surface area (Å²) >= 11 is 0. The van der Waals surface area contributed by atoms with E-state index in [9.17, 15) is 4.79 Å². The van der Waals surface area contributed by atoms with Crippen molar-refractivity contribution in [1.29, 1.82) is 0 Å². The molecular weight excluding hydrogens is 176 g/mol. The Morgan fingerprint density at radius 1 is 1.29 bits per heavy atom. The molecule has 0 bridgehead atoms. The highest BCUT2D eigenvalue weighted by atomic mass is 16.1. The zero-order valence-electron chi connectivity index (χ0n) is 8.74. The number of anilines is 1. The molecule has 0 unspecified atom stereocenters. The molecule has 1 aromatic rings. The van der Waals surface area contributed by atoms with Crippen LogP contribution in [0.15, 0.2) is 24.3 Å². The van der Waals surface area contributed by atoms with Crippen molar-refractivity contribution >= 4 is 17.8 Å². The molecule has 0 atom stereocenters. The fraction of sp³-hybridized carbons (Fsp3) is 0.273. The molecule has 0 heterocycles. The van der Waals surface area contributed by atoms with Crippen molar-refractivity contribution in [3.8, 4) is 0 Å². The molecule has 3 nitrogen and oxygen atoms in total. The van der Waals surface area contributed by atoms with E-state index >= 15 is 0 Å². The first-order chi connectivity index (χ1) is 6.59. The molecule has 0 amide bonds. The number of carbonyl (C=O) groups is 1. The zero-order chi connectivity index (χ0) is 10.6. The second-order valence-corrected chi connectivity index (χ2v) is 3.37. The third kappa shape index (κ3) is 3.01. The van der Waals surface area contributed by atoms with Crippen molar-refractivity contribution in [2.45, 2.75) is 6.92 Å². The van der Waals surface area contributed by atoms with Gasteiger partial charge in [0, 0.05) is 5.56 Å². The molecule has 0 saturated carbocycles. The SMILES string of the molecule is CC(=O)c1ccc(NC=[N+](C)C)cc1. The minimum atomic E-state index is 0.0909. The van der Waals surface area contributed by atoms with Gasteiger partial charge in [-0.15, -0.1) is 0 Å². The highest BCUT2D eigenvalue weighted by Gasteiger charge is 1.99. The van der Waals surface area contributed by atoms with E-state index in [2.05, 4.69) is 5.32 Å². The van der Waals surface area contributed by atoms with Crippen LogP contribution < -0.4 is 5.32 Å². The molecule has 0 aliphatic heterocycles. The number of hydrogen-bond acceptors (Lipinski definition) is 1. The van der Waals surface area contributed by atoms with Gasteiger partial charge in [-0.3, -0.25) is 9.37 Å². The lowest BCUT2D eigenvalue weighted by atomic mass is 10.1. The molecule has 0 spiro atoms. The summed E-state index contributed by atoms with van der Waals surface area (Å²) in [6.45, 7) is 1.56. The van der Waals surface area contributed by atoms with Crippen LogP contribution in [0.4, 0.5) is 5.69 Å². The van der Waals surface area contributed by atoms with Crippen LogP contribution in [0.25, 0.3) is 0 Å². The molecule has 0 fully saturated rings. The van der Waals surface area contributed by atoms with Crippen LogP contribution >= 0.6 is 0 Å². The third-order valence-electron chi connectivity index (χ3n) is 1.78. The first-order valence-electron chi connectivity index (χ1n) is 4.47. The monoisotopic (exact) mass is 191 g/mol. The summed E-state index contributed by atoms with van der Waals surface area (Å²) in [7, 11) is 3.88. The van der Waals surface area contributed by atoms with Crippen LogP contribution in [-0.2, 0) is 0 Å². The number of nitrogens with one attached hydrogen (secondary N) is 1. The lowest BCUT2D eigenvalue weighted by molar-refractivity contribution is -0.459. The molecule has 1 N–H and O–H groups in total. The van der Waals surface area contributed by atoms with Gasteiger partial charge in [0.25, 0.3) is 0 Å². The maximum Gasteiger partial charge on any atom is 0.236 e. The lowest BCUT2D eigenvalue weighted by Gasteiger charge is -1.97. The standard InChI is InChI=1S/C11H14N2O/c1-9(14)10-4-6-11(7-5-10)12-8-13(2)3/h4-8H,1-3H3/p+1. The molecule has 0 aliphatic rings. The summed E-state index contributed by atoms with van der Waals surface area (Å²) in [4.78, 5) is 11.0. The van der Waals surface area contributed by atoms with Crippen molar-refractivity contribution in [1.82, 2.24) is 0 Å². The van der Waals surface area contributed by atoms with Crippen molar-refractivity contribution < 1.29 is 9.37 Å². The molecular formula is C11H15N2O+. The number of rotatable bonds is 3. The van der Waals surface area contributed by atoms with E-state index < -0.39 is 0 Å². The van der Waals surface area contributed by atoms with Crippen LogP contribution in [0.3, 0.4) is 0 Å². The van der Waals surface area contributed by atoms with Crippen LogP contribution in [0.5, 0.6) is 0 Å². The first-order valence-corrected chi connectivity index (χ1v) is 4.47. The largest absolute Gasteiger partial charge is 0.295 e. The van der Waals surface area contributed by atoms with Crippen LogP contribution in [0.2, 0.25) is 0 Å². The summed E-state index contributed by atoms with van der Waals surface area (Å²) in [5.74, 6) is 0.0909. The van der Waals surface area contributed by atoms with Gasteiger partial charge in [-0.2, -0.15) is 0 Å². The van der Waals surface area contributed by atoms with Gasteiger partial charge in [0.05, 0.1) is 14.1 Å². The van der Waals surface area contributed by atoms with E-state index in [1.54, 1.807) is 6.92 Å². The Bertz CT molecular complexity index is 348. The van der Waals surface area contributed by atoms with Crippen LogP contribution in [0.1, 0.15) is 17.3 Å². The Kier molecular flexibility index (Phi) is 3.40. The van der Waals surface area contributed by atoms with Gasteiger partial charge in [-0.25, -0.2) is 5.32 Å². The minimum Gasteiger partial charge on any atom is -0.295 e. The van der Waals surface area contributed by atoms with Crippen molar-refractivity contribution in [3.05, 3.63) is 29.8 Å². The lowest BCUT2D eigenvalue weighted by Crippen LogP contribution is -2.07. The summed E-state index contributed by atoms with van der Waals surface area (Å²) in [6.07, 6.45) is 1.85. The Hall–Kier alpha value is -1.64. The van der Waals surface area contributed by atoms with E-state index in [1.807, 2.05) is 49.3 Å². The summed E-state index contributed by atoms with van der Waals surface area (Å²) in [5, 5.41) is 3.10. The highest BCUT2D eigenvalue weighted by Crippen LogP contribution is 2.08. The van der Waals surface area contributed by atoms with Gasteiger partial charge < -0.3 is 0 Å². The highest BCUT2D eigenvalue weighted by molar-refractivity contribution is 5.94. The van der Waals surface area contributed by atoms with Gasteiger partial charge in [0.1, 0.15) is 5.69 Å². The average molecular weight is 191 g/mol. The quantitative estimate of drug-likeness (QED) is 0.340. The molecule has 1 rings (SSSR count). The molecule has 1 aromatic carbocycles. The molecule has 0 aromatic heterocycles. The molecule has 14 heavy (non-hydrogen) atoms. The van der Waals surface area contributed by atoms with Crippen molar-refractivity contribution in [2.75, 3.05) is 19.4 Å². The zero-order valence-corrected chi connectivity index (χ0v) is 8.74. The third-order valence-corrected chi connectivity index (χ3v) is 1.78. The van der Waals surface area contributed by atoms with Gasteiger partial charge >= 0.3 is 0 Å². The molecule has 3 heteroatoms. The second-order valence-electron chi connectivity index (χ2n) is 3.37. The summed E-state index contributed by atoms with van der Waals surface area (Å²) < 4.78 is 1.92. The minimum absolute atomic E-state index is 0.0909. The van der Waals surface area contributed by atoms with Gasteiger partial charge in [0.15, 0.2) is 5.78 Å². The topological polar surface area (TPSA) is 32.1 Å². The molecule has 0 radical (unpaired) electrons. The Morgan fingerprint density at radius 2 is 1.86 bits per heavy atom. The van der Waals surface area contributed by atoms with Crippen molar-refractivity contribution in [2.24, 2.45) is 0 Å². The number of nitrogens with zero attached hydrogens (tertiary/aromatic N) is 1. The van der Waals surface area contributed by atoms with Crippen LogP contribution in [0, 0.1) is 0 Å². The predicted octanol–water partition coefficient (Wildman–Crippen LogP) is 1.60. The maximum atomic E-state index is 11.0. The summed E-state index contributed by atoms with van der Waals surface area (Å²) in [5.41, 5.74) is 1.71. The smallest absolute Gasteiger partial charge is 0.236 e. The number of Topliss-reactive ketones (excluding diaryl/α,β-unsaturated/α-hetero) is 1. The Labute approximate surface area is 84.1 Å². The number of carbonyl (C=O) groups excluding carboxylic acids is 1. The van der Waals surface area contributed by atoms with E-state index in [-0.39, 0.29) is 5.78 Å². The average Bonchev–Trinajstić information content (AvgIpc) is 2.15. The van der Waals surface area contributed by atoms with Crippen molar-refractivity contribution in [3.63, 3.8) is 0 Å². The number of benzene rings is 1. The first kappa shape index (κ1) is 10.4. The maximum absolute atomic E-state index is 11.0. The van der Waals surface area contributed by atoms with E-state index in [4.69, 9.17) is 0 Å². The van der Waals surface area contributed by atoms with Gasteiger partial charge in [-0.1, -0.05) is 0 Å². The Balaban J connectivity index is 2.74. The van der Waals surface area contributed by atoms with E-state index in [0.717, 1.165) is 11.3 Å². The molecule has 0 saturated heterocycles. The van der Waals surface area contributed by atoms with E-state index in [1.165, 1.54) is 0 Å². The predicted molar refractivity (Wildman–Crippen MR) is 58.2 cm³/mol. The molecule has 74 valence electrons. The molecule has 0 aliphatic carbocycles. The van der Waals surface area contributed by atoms with Crippen LogP contribution in [-0.4, -0.2) is 30.8 Å². The Morgan fingerprint density at radius 3 is 2.29 bits per heavy atom. The van der Waals surface area contributed by atoms with Gasteiger partial charge in [0.2, 0.25) is 6.34 Å². The normalized spacial score (nSPS) is 9.36. The van der Waals surface area contributed by atoms with E-state index in [0.29, 0.717) is 0 Å². The van der Waals surface area contributed by atoms with Gasteiger partial charge in [-0.05, 0) is 31.2 Å². The number of hydrogen-bond donors (Lipinski definition) is 1. The summed E-state index contributed by atoms with van der Waals surface area (Å²) in [6, 6.07) is 7.40. The fourth-order valence-corrected chi connectivity index (χ4v) is 1.00. The second kappa shape index (κ2) is 4.56. The number of ketones is 1. The fourth-order valence-electron chi connectivity index (χ4n) is 1.00.